The molecule has 0 amide bonds. The third-order valence-corrected chi connectivity index (χ3v) is 3.88. The molecule has 0 saturated heterocycles. The maximum Gasteiger partial charge on any atom is 0.342 e. The SMILES string of the molecule is O=C(O)c1cc(N(CC2CC2)C2CC2)ccc1[N+](=O)[O-]. The maximum atomic E-state index is 11.2. The molecule has 0 heterocycles. The average molecular weight is 276 g/mol. The number of aromatic carboxylic acids is 1. The molecule has 2 saturated carbocycles. The van der Waals surface area contributed by atoms with Crippen LogP contribution in [0.25, 0.3) is 0 Å². The molecular formula is C14H16N2O4. The Balaban J connectivity index is 1.93. The van der Waals surface area contributed by atoms with Gasteiger partial charge in [0.2, 0.25) is 0 Å². The predicted molar refractivity (Wildman–Crippen MR) is 73.1 cm³/mol. The minimum absolute atomic E-state index is 0.228. The van der Waals surface area contributed by atoms with Crippen molar-refractivity contribution >= 4 is 17.3 Å². The molecule has 0 unspecified atom stereocenters. The number of nitro benzene ring substituents is 1. The van der Waals surface area contributed by atoms with Crippen LogP contribution >= 0.6 is 0 Å². The summed E-state index contributed by atoms with van der Waals surface area (Å²) in [7, 11) is 0. The van der Waals surface area contributed by atoms with E-state index in [1.54, 1.807) is 6.07 Å². The highest BCUT2D eigenvalue weighted by Crippen LogP contribution is 2.38. The van der Waals surface area contributed by atoms with Gasteiger partial charge in [0.25, 0.3) is 5.69 Å². The van der Waals surface area contributed by atoms with E-state index in [0.717, 1.165) is 25.1 Å². The van der Waals surface area contributed by atoms with E-state index in [9.17, 15) is 14.9 Å². The van der Waals surface area contributed by atoms with E-state index in [2.05, 4.69) is 4.90 Å². The zero-order valence-corrected chi connectivity index (χ0v) is 11.0. The third-order valence-electron chi connectivity index (χ3n) is 3.88. The van der Waals surface area contributed by atoms with Crippen LogP contribution < -0.4 is 4.90 Å². The smallest absolute Gasteiger partial charge is 0.342 e. The highest BCUT2D eigenvalue weighted by Gasteiger charge is 2.34. The molecule has 6 nitrogen and oxygen atoms in total. The molecule has 2 aliphatic carbocycles. The zero-order chi connectivity index (χ0) is 14.3. The quantitative estimate of drug-likeness (QED) is 0.638. The van der Waals surface area contributed by atoms with Gasteiger partial charge in [0, 0.05) is 24.3 Å². The van der Waals surface area contributed by atoms with Crippen molar-refractivity contribution in [3.63, 3.8) is 0 Å². The lowest BCUT2D eigenvalue weighted by atomic mass is 10.1. The molecule has 0 bridgehead atoms. The molecule has 0 radical (unpaired) electrons. The summed E-state index contributed by atoms with van der Waals surface area (Å²) in [6, 6.07) is 4.90. The average Bonchev–Trinajstić information content (AvgIpc) is 3.26. The summed E-state index contributed by atoms with van der Waals surface area (Å²) in [6.45, 7) is 0.932. The van der Waals surface area contributed by atoms with Crippen LogP contribution in [0.15, 0.2) is 18.2 Å². The van der Waals surface area contributed by atoms with Crippen molar-refractivity contribution in [3.05, 3.63) is 33.9 Å². The molecule has 6 heteroatoms. The summed E-state index contributed by atoms with van der Waals surface area (Å²) >= 11 is 0. The number of anilines is 1. The molecule has 0 aliphatic heterocycles. The molecule has 0 aromatic heterocycles. The van der Waals surface area contributed by atoms with Gasteiger partial charge in [-0.2, -0.15) is 0 Å². The van der Waals surface area contributed by atoms with Gasteiger partial charge in [0.05, 0.1) is 4.92 Å². The summed E-state index contributed by atoms with van der Waals surface area (Å²) in [5.74, 6) is -0.556. The van der Waals surface area contributed by atoms with Gasteiger partial charge >= 0.3 is 5.97 Å². The molecule has 20 heavy (non-hydrogen) atoms. The van der Waals surface area contributed by atoms with Gasteiger partial charge in [-0.25, -0.2) is 4.79 Å². The second kappa shape index (κ2) is 4.77. The number of benzene rings is 1. The molecule has 3 rings (SSSR count). The van der Waals surface area contributed by atoms with Crippen LogP contribution in [0.1, 0.15) is 36.0 Å². The molecule has 2 aliphatic rings. The van der Waals surface area contributed by atoms with E-state index in [4.69, 9.17) is 5.11 Å². The Labute approximate surface area is 116 Å². The fourth-order valence-electron chi connectivity index (χ4n) is 2.46. The Kier molecular flexibility index (Phi) is 3.08. The monoisotopic (exact) mass is 276 g/mol. The van der Waals surface area contributed by atoms with E-state index in [-0.39, 0.29) is 11.3 Å². The first-order valence-corrected chi connectivity index (χ1v) is 6.84. The summed E-state index contributed by atoms with van der Waals surface area (Å²) < 4.78 is 0. The Morgan fingerprint density at radius 1 is 1.35 bits per heavy atom. The van der Waals surface area contributed by atoms with Gasteiger partial charge in [-0.3, -0.25) is 10.1 Å². The second-order valence-corrected chi connectivity index (χ2v) is 5.59. The lowest BCUT2D eigenvalue weighted by Gasteiger charge is -2.25. The normalized spacial score (nSPS) is 17.8. The van der Waals surface area contributed by atoms with E-state index >= 15 is 0 Å². The van der Waals surface area contributed by atoms with Gasteiger partial charge in [-0.1, -0.05) is 0 Å². The van der Waals surface area contributed by atoms with Crippen molar-refractivity contribution < 1.29 is 14.8 Å². The molecule has 106 valence electrons. The first-order valence-electron chi connectivity index (χ1n) is 6.84. The fourth-order valence-corrected chi connectivity index (χ4v) is 2.46. The first-order chi connectivity index (χ1) is 9.56. The van der Waals surface area contributed by atoms with E-state index in [0.29, 0.717) is 12.0 Å². The van der Waals surface area contributed by atoms with Crippen LogP contribution in [0, 0.1) is 16.0 Å². The topological polar surface area (TPSA) is 83.7 Å². The van der Waals surface area contributed by atoms with Crippen molar-refractivity contribution in [1.29, 1.82) is 0 Å². The van der Waals surface area contributed by atoms with E-state index in [1.165, 1.54) is 25.0 Å². The number of hydrogen-bond acceptors (Lipinski definition) is 4. The molecule has 1 aromatic carbocycles. The largest absolute Gasteiger partial charge is 0.477 e. The van der Waals surface area contributed by atoms with Crippen LogP contribution in [0.3, 0.4) is 0 Å². The zero-order valence-electron chi connectivity index (χ0n) is 11.0. The molecular weight excluding hydrogens is 260 g/mol. The number of hydrogen-bond donors (Lipinski definition) is 1. The number of carbonyl (C=O) groups is 1. The van der Waals surface area contributed by atoms with Crippen LogP contribution in [-0.2, 0) is 0 Å². The van der Waals surface area contributed by atoms with Crippen LogP contribution in [-0.4, -0.2) is 28.6 Å². The number of rotatable bonds is 6. The van der Waals surface area contributed by atoms with Gasteiger partial charge < -0.3 is 10.0 Å². The van der Waals surface area contributed by atoms with E-state index < -0.39 is 10.9 Å². The van der Waals surface area contributed by atoms with Gasteiger partial charge in [-0.05, 0) is 43.7 Å². The standard InChI is InChI=1S/C14H16N2O4/c17-14(18)12-7-11(5-6-13(12)16(19)20)15(10-3-4-10)8-9-1-2-9/h5-7,9-10H,1-4,8H2,(H,17,18). The highest BCUT2D eigenvalue weighted by molar-refractivity contribution is 5.93. The van der Waals surface area contributed by atoms with E-state index in [1.807, 2.05) is 0 Å². The van der Waals surface area contributed by atoms with Crippen LogP contribution in [0.2, 0.25) is 0 Å². The molecule has 1 aromatic rings. The summed E-state index contributed by atoms with van der Waals surface area (Å²) in [5, 5.41) is 20.0. The predicted octanol–water partition coefficient (Wildman–Crippen LogP) is 2.67. The van der Waals surface area contributed by atoms with Crippen LogP contribution in [0.4, 0.5) is 11.4 Å². The van der Waals surface area contributed by atoms with Crippen LogP contribution in [0.5, 0.6) is 0 Å². The minimum Gasteiger partial charge on any atom is -0.477 e. The Morgan fingerprint density at radius 2 is 2.05 bits per heavy atom. The molecule has 1 N–H and O–H groups in total. The second-order valence-electron chi connectivity index (χ2n) is 5.59. The number of carboxylic acids is 1. The lowest BCUT2D eigenvalue weighted by molar-refractivity contribution is -0.385. The van der Waals surface area contributed by atoms with Gasteiger partial charge in [0.15, 0.2) is 0 Å². The third kappa shape index (κ3) is 2.59. The Bertz CT molecular complexity index is 564. The summed E-state index contributed by atoms with van der Waals surface area (Å²) in [4.78, 5) is 23.6. The Hall–Kier alpha value is -2.11. The number of nitro groups is 1. The van der Waals surface area contributed by atoms with Crippen molar-refractivity contribution in [3.8, 4) is 0 Å². The highest BCUT2D eigenvalue weighted by atomic mass is 16.6. The fraction of sp³-hybridized carbons (Fsp3) is 0.500. The van der Waals surface area contributed by atoms with Crippen molar-refractivity contribution in [2.45, 2.75) is 31.7 Å². The van der Waals surface area contributed by atoms with Crippen molar-refractivity contribution in [2.24, 2.45) is 5.92 Å². The molecule has 0 atom stereocenters. The number of nitrogens with zero attached hydrogens (tertiary/aromatic N) is 2. The minimum atomic E-state index is -1.25. The molecule has 0 spiro atoms. The molecule has 2 fully saturated rings. The summed E-state index contributed by atoms with van der Waals surface area (Å²) in [5.41, 5.74) is 0.222. The lowest BCUT2D eigenvalue weighted by Crippen LogP contribution is -2.28. The summed E-state index contributed by atoms with van der Waals surface area (Å²) in [6.07, 6.45) is 4.68. The maximum absolute atomic E-state index is 11.2. The van der Waals surface area contributed by atoms with Gasteiger partial charge in [0.1, 0.15) is 5.56 Å². The first kappa shape index (κ1) is 12.9. The Morgan fingerprint density at radius 3 is 2.55 bits per heavy atom. The van der Waals surface area contributed by atoms with Crippen molar-refractivity contribution in [1.82, 2.24) is 0 Å². The van der Waals surface area contributed by atoms with Crippen molar-refractivity contribution in [2.75, 3.05) is 11.4 Å². The van der Waals surface area contributed by atoms with Gasteiger partial charge in [-0.15, -0.1) is 0 Å². The number of carboxylic acid groups (broad SMARTS) is 1.